The van der Waals surface area contributed by atoms with Crippen molar-refractivity contribution in [3.8, 4) is 0 Å². The van der Waals surface area contributed by atoms with Crippen LogP contribution in [0.4, 0.5) is 0 Å². The molecule has 0 aromatic heterocycles. The predicted molar refractivity (Wildman–Crippen MR) is 78.1 cm³/mol. The molecule has 1 aliphatic heterocycles. The fourth-order valence-corrected chi connectivity index (χ4v) is 3.35. The number of piperidine rings is 1. The highest BCUT2D eigenvalue weighted by molar-refractivity contribution is 5.76. The molecule has 2 fully saturated rings. The van der Waals surface area contributed by atoms with Crippen LogP contribution >= 0.6 is 0 Å². The molecular formula is C15H29N3O. The standard InChI is InChI=1S/C15H29N3O/c1-17(2)15(7-4-8-15)12-18(3)14(19)11-13-5-9-16-10-6-13/h13,16H,4-12H2,1-3H3. The van der Waals surface area contributed by atoms with E-state index in [1.54, 1.807) is 0 Å². The summed E-state index contributed by atoms with van der Waals surface area (Å²) < 4.78 is 0. The molecule has 0 atom stereocenters. The van der Waals surface area contributed by atoms with Crippen molar-refractivity contribution in [3.63, 3.8) is 0 Å². The quantitative estimate of drug-likeness (QED) is 0.816. The number of amides is 1. The van der Waals surface area contributed by atoms with Crippen LogP contribution in [0, 0.1) is 5.92 Å². The number of hydrogen-bond acceptors (Lipinski definition) is 3. The maximum Gasteiger partial charge on any atom is 0.222 e. The summed E-state index contributed by atoms with van der Waals surface area (Å²) in [4.78, 5) is 16.6. The number of carbonyl (C=O) groups is 1. The van der Waals surface area contributed by atoms with Gasteiger partial charge < -0.3 is 15.1 Å². The summed E-state index contributed by atoms with van der Waals surface area (Å²) in [6.07, 6.45) is 6.79. The van der Waals surface area contributed by atoms with Crippen LogP contribution in [-0.4, -0.2) is 62.0 Å². The van der Waals surface area contributed by atoms with E-state index in [0.29, 0.717) is 11.8 Å². The van der Waals surface area contributed by atoms with Gasteiger partial charge in [0, 0.05) is 25.6 Å². The Morgan fingerprint density at radius 3 is 2.32 bits per heavy atom. The van der Waals surface area contributed by atoms with E-state index in [1.165, 1.54) is 19.3 Å². The lowest BCUT2D eigenvalue weighted by atomic mass is 9.75. The molecule has 2 rings (SSSR count). The number of hydrogen-bond donors (Lipinski definition) is 1. The van der Waals surface area contributed by atoms with Gasteiger partial charge in [-0.25, -0.2) is 0 Å². The van der Waals surface area contributed by atoms with Crippen LogP contribution in [-0.2, 0) is 4.79 Å². The van der Waals surface area contributed by atoms with Gasteiger partial charge in [0.2, 0.25) is 5.91 Å². The van der Waals surface area contributed by atoms with Gasteiger partial charge in [0.1, 0.15) is 0 Å². The Morgan fingerprint density at radius 2 is 1.84 bits per heavy atom. The van der Waals surface area contributed by atoms with Crippen LogP contribution in [0.5, 0.6) is 0 Å². The zero-order valence-electron chi connectivity index (χ0n) is 12.7. The van der Waals surface area contributed by atoms with Crippen molar-refractivity contribution < 1.29 is 4.79 Å². The second-order valence-corrected chi connectivity index (χ2v) is 6.62. The normalized spacial score (nSPS) is 23.2. The number of nitrogens with one attached hydrogen (secondary N) is 1. The average molecular weight is 267 g/mol. The summed E-state index contributed by atoms with van der Waals surface area (Å²) in [5, 5.41) is 3.36. The molecule has 4 nitrogen and oxygen atoms in total. The summed E-state index contributed by atoms with van der Waals surface area (Å²) in [6, 6.07) is 0. The van der Waals surface area contributed by atoms with Gasteiger partial charge >= 0.3 is 0 Å². The number of rotatable bonds is 5. The zero-order chi connectivity index (χ0) is 13.9. The van der Waals surface area contributed by atoms with Gasteiger partial charge in [-0.15, -0.1) is 0 Å². The summed E-state index contributed by atoms with van der Waals surface area (Å²) in [6.45, 7) is 3.04. The average Bonchev–Trinajstić information content (AvgIpc) is 2.34. The van der Waals surface area contributed by atoms with Crippen LogP contribution in [0.15, 0.2) is 0 Å². The largest absolute Gasteiger partial charge is 0.344 e. The number of carbonyl (C=O) groups excluding carboxylic acids is 1. The van der Waals surface area contributed by atoms with E-state index in [2.05, 4.69) is 24.3 Å². The summed E-state index contributed by atoms with van der Waals surface area (Å²) >= 11 is 0. The first-order chi connectivity index (χ1) is 9.03. The third-order valence-corrected chi connectivity index (χ3v) is 5.11. The molecule has 0 spiro atoms. The van der Waals surface area contributed by atoms with Gasteiger partial charge in [0.15, 0.2) is 0 Å². The highest BCUT2D eigenvalue weighted by Gasteiger charge is 2.40. The van der Waals surface area contributed by atoms with Crippen molar-refractivity contribution >= 4 is 5.91 Å². The minimum Gasteiger partial charge on any atom is -0.344 e. The van der Waals surface area contributed by atoms with Crippen molar-refractivity contribution in [2.45, 2.75) is 44.1 Å². The smallest absolute Gasteiger partial charge is 0.222 e. The topological polar surface area (TPSA) is 35.6 Å². The Hall–Kier alpha value is -0.610. The lowest BCUT2D eigenvalue weighted by molar-refractivity contribution is -0.133. The fourth-order valence-electron chi connectivity index (χ4n) is 3.35. The zero-order valence-corrected chi connectivity index (χ0v) is 12.7. The highest BCUT2D eigenvalue weighted by Crippen LogP contribution is 2.36. The van der Waals surface area contributed by atoms with Crippen molar-refractivity contribution in [1.29, 1.82) is 0 Å². The Labute approximate surface area is 117 Å². The van der Waals surface area contributed by atoms with E-state index in [9.17, 15) is 4.79 Å². The van der Waals surface area contributed by atoms with Crippen molar-refractivity contribution in [2.75, 3.05) is 40.8 Å². The molecule has 110 valence electrons. The first kappa shape index (κ1) is 14.8. The van der Waals surface area contributed by atoms with Gasteiger partial charge in [-0.1, -0.05) is 0 Å². The van der Waals surface area contributed by atoms with Crippen LogP contribution in [0.1, 0.15) is 38.5 Å². The monoisotopic (exact) mass is 267 g/mol. The molecule has 0 aromatic carbocycles. The molecule has 1 aliphatic carbocycles. The molecule has 1 saturated carbocycles. The minimum atomic E-state index is 0.249. The molecule has 0 radical (unpaired) electrons. The Morgan fingerprint density at radius 1 is 1.21 bits per heavy atom. The van der Waals surface area contributed by atoms with E-state index in [0.717, 1.165) is 38.9 Å². The molecule has 1 saturated heterocycles. The van der Waals surface area contributed by atoms with Gasteiger partial charge in [0.25, 0.3) is 0 Å². The van der Waals surface area contributed by atoms with Gasteiger partial charge in [0.05, 0.1) is 0 Å². The Bertz CT molecular complexity index is 307. The van der Waals surface area contributed by atoms with E-state index in [1.807, 2.05) is 11.9 Å². The van der Waals surface area contributed by atoms with E-state index < -0.39 is 0 Å². The maximum absolute atomic E-state index is 12.3. The van der Waals surface area contributed by atoms with Gasteiger partial charge in [-0.2, -0.15) is 0 Å². The lowest BCUT2D eigenvalue weighted by Crippen LogP contribution is -2.57. The van der Waals surface area contributed by atoms with Gasteiger partial charge in [-0.05, 0) is 65.2 Å². The molecular weight excluding hydrogens is 238 g/mol. The molecule has 1 N–H and O–H groups in total. The van der Waals surface area contributed by atoms with Gasteiger partial charge in [-0.3, -0.25) is 4.79 Å². The molecule has 1 heterocycles. The molecule has 1 amide bonds. The summed E-state index contributed by atoms with van der Waals surface area (Å²) in [5.41, 5.74) is 0.249. The first-order valence-corrected chi connectivity index (χ1v) is 7.66. The highest BCUT2D eigenvalue weighted by atomic mass is 16.2. The molecule has 19 heavy (non-hydrogen) atoms. The maximum atomic E-state index is 12.3. The Balaban J connectivity index is 1.81. The first-order valence-electron chi connectivity index (χ1n) is 7.66. The molecule has 2 aliphatic rings. The second-order valence-electron chi connectivity index (χ2n) is 6.62. The molecule has 0 unspecified atom stereocenters. The third-order valence-electron chi connectivity index (χ3n) is 5.11. The summed E-state index contributed by atoms with van der Waals surface area (Å²) in [5.74, 6) is 0.924. The van der Waals surface area contributed by atoms with Crippen LogP contribution in [0.25, 0.3) is 0 Å². The minimum absolute atomic E-state index is 0.249. The fraction of sp³-hybridized carbons (Fsp3) is 0.933. The van der Waals surface area contributed by atoms with Crippen LogP contribution in [0.3, 0.4) is 0 Å². The van der Waals surface area contributed by atoms with E-state index in [4.69, 9.17) is 0 Å². The second kappa shape index (κ2) is 6.23. The predicted octanol–water partition coefficient (Wildman–Crippen LogP) is 1.32. The number of nitrogens with zero attached hydrogens (tertiary/aromatic N) is 2. The SMILES string of the molecule is CN(CC1(N(C)C)CCC1)C(=O)CC1CCNCC1. The Kier molecular flexibility index (Phi) is 4.85. The summed E-state index contributed by atoms with van der Waals surface area (Å²) in [7, 11) is 6.27. The van der Waals surface area contributed by atoms with E-state index >= 15 is 0 Å². The van der Waals surface area contributed by atoms with Crippen molar-refractivity contribution in [2.24, 2.45) is 5.92 Å². The molecule has 4 heteroatoms. The van der Waals surface area contributed by atoms with E-state index in [-0.39, 0.29) is 5.54 Å². The third kappa shape index (κ3) is 3.48. The van der Waals surface area contributed by atoms with Crippen LogP contribution in [0.2, 0.25) is 0 Å². The van der Waals surface area contributed by atoms with Crippen molar-refractivity contribution in [1.82, 2.24) is 15.1 Å². The number of likely N-dealkylation sites (N-methyl/N-ethyl adjacent to an activating group) is 2. The molecule has 0 bridgehead atoms. The molecule has 0 aromatic rings. The van der Waals surface area contributed by atoms with Crippen molar-refractivity contribution in [3.05, 3.63) is 0 Å². The lowest BCUT2D eigenvalue weighted by Gasteiger charge is -2.49. The van der Waals surface area contributed by atoms with Crippen LogP contribution < -0.4 is 5.32 Å².